The highest BCUT2D eigenvalue weighted by Crippen LogP contribution is 2.16. The molecule has 2 nitrogen and oxygen atoms in total. The second-order valence-corrected chi connectivity index (χ2v) is 5.39. The maximum absolute atomic E-state index is 12.8. The summed E-state index contributed by atoms with van der Waals surface area (Å²) in [6.07, 6.45) is 0. The summed E-state index contributed by atoms with van der Waals surface area (Å²) in [4.78, 5) is 12.1. The summed E-state index contributed by atoms with van der Waals surface area (Å²) in [7, 11) is 0. The van der Waals surface area contributed by atoms with Crippen LogP contribution in [-0.2, 0) is 0 Å². The molecule has 0 aromatic heterocycles. The first-order valence-electron chi connectivity index (χ1n) is 5.89. The van der Waals surface area contributed by atoms with Gasteiger partial charge < -0.3 is 5.32 Å². The Morgan fingerprint density at radius 1 is 1.16 bits per heavy atom. The molecule has 0 radical (unpaired) electrons. The first kappa shape index (κ1) is 14.0. The van der Waals surface area contributed by atoms with Crippen molar-refractivity contribution >= 4 is 28.5 Å². The van der Waals surface area contributed by atoms with Crippen molar-refractivity contribution in [2.45, 2.75) is 13.0 Å². The summed E-state index contributed by atoms with van der Waals surface area (Å²) in [6, 6.07) is 13.4. The molecule has 1 amide bonds. The summed E-state index contributed by atoms with van der Waals surface area (Å²) in [5, 5.41) is 2.91. The minimum absolute atomic E-state index is 0.123. The van der Waals surface area contributed by atoms with Crippen molar-refractivity contribution in [2.75, 3.05) is 0 Å². The van der Waals surface area contributed by atoms with Crippen LogP contribution in [0.1, 0.15) is 28.9 Å². The summed E-state index contributed by atoms with van der Waals surface area (Å²) in [5.74, 6) is -0.401. The van der Waals surface area contributed by atoms with Gasteiger partial charge in [0.05, 0.1) is 11.6 Å². The summed E-state index contributed by atoms with van der Waals surface area (Å²) >= 11 is 2.13. The van der Waals surface area contributed by atoms with Gasteiger partial charge in [0.25, 0.3) is 5.91 Å². The van der Waals surface area contributed by atoms with Gasteiger partial charge in [-0.15, -0.1) is 0 Å². The van der Waals surface area contributed by atoms with E-state index in [4.69, 9.17) is 0 Å². The van der Waals surface area contributed by atoms with Crippen molar-refractivity contribution in [2.24, 2.45) is 0 Å². The van der Waals surface area contributed by atoms with Crippen molar-refractivity contribution in [1.82, 2.24) is 5.32 Å². The Balaban J connectivity index is 2.11. The van der Waals surface area contributed by atoms with E-state index in [0.29, 0.717) is 5.56 Å². The number of benzene rings is 2. The van der Waals surface area contributed by atoms with Crippen molar-refractivity contribution in [3.8, 4) is 0 Å². The number of hydrogen-bond acceptors (Lipinski definition) is 1. The first-order chi connectivity index (χ1) is 9.08. The average Bonchev–Trinajstić information content (AvgIpc) is 2.39. The Kier molecular flexibility index (Phi) is 4.52. The largest absolute Gasteiger partial charge is 0.345 e. The van der Waals surface area contributed by atoms with Crippen LogP contribution in [0, 0.1) is 9.39 Å². The maximum Gasteiger partial charge on any atom is 0.252 e. The van der Waals surface area contributed by atoms with Gasteiger partial charge in [0.15, 0.2) is 0 Å². The summed E-state index contributed by atoms with van der Waals surface area (Å²) < 4.78 is 13.7. The quantitative estimate of drug-likeness (QED) is 0.817. The number of halogens is 2. The smallest absolute Gasteiger partial charge is 0.252 e. The number of carbonyl (C=O) groups excluding carboxylic acids is 1. The highest BCUT2D eigenvalue weighted by atomic mass is 127. The topological polar surface area (TPSA) is 29.1 Å². The zero-order valence-electron chi connectivity index (χ0n) is 10.4. The Bertz CT molecular complexity index is 583. The molecular formula is C15H13FINO. The molecule has 2 rings (SSSR count). The number of carbonyl (C=O) groups is 1. The van der Waals surface area contributed by atoms with E-state index < -0.39 is 0 Å². The van der Waals surface area contributed by atoms with Crippen LogP contribution >= 0.6 is 22.6 Å². The fourth-order valence-corrected chi connectivity index (χ4v) is 2.39. The SMILES string of the molecule is C[C@H](NC(=O)c1ccccc1I)c1ccc(F)cc1. The third-order valence-corrected chi connectivity index (χ3v) is 3.78. The molecule has 0 unspecified atom stereocenters. The highest BCUT2D eigenvalue weighted by molar-refractivity contribution is 14.1. The molecule has 0 saturated heterocycles. The molecule has 19 heavy (non-hydrogen) atoms. The molecule has 0 spiro atoms. The standard InChI is InChI=1S/C15H13FINO/c1-10(11-6-8-12(16)9-7-11)18-15(19)13-4-2-3-5-14(13)17/h2-10H,1H3,(H,18,19)/t10-/m0/s1. The van der Waals surface area contributed by atoms with Crippen molar-refractivity contribution in [3.05, 3.63) is 69.0 Å². The third-order valence-electron chi connectivity index (χ3n) is 2.84. The zero-order chi connectivity index (χ0) is 13.8. The Hall–Kier alpha value is -1.43. The van der Waals surface area contributed by atoms with E-state index in [1.54, 1.807) is 18.2 Å². The predicted molar refractivity (Wildman–Crippen MR) is 81.4 cm³/mol. The molecule has 2 aromatic rings. The fraction of sp³-hybridized carbons (Fsp3) is 0.133. The third kappa shape index (κ3) is 3.53. The molecule has 0 heterocycles. The monoisotopic (exact) mass is 369 g/mol. The Morgan fingerprint density at radius 2 is 1.79 bits per heavy atom. The van der Waals surface area contributed by atoms with Gasteiger partial charge in [-0.1, -0.05) is 24.3 Å². The van der Waals surface area contributed by atoms with Crippen molar-refractivity contribution in [1.29, 1.82) is 0 Å². The molecule has 1 N–H and O–H groups in total. The molecule has 98 valence electrons. The van der Waals surface area contributed by atoms with Gasteiger partial charge in [-0.2, -0.15) is 0 Å². The van der Waals surface area contributed by atoms with E-state index in [-0.39, 0.29) is 17.8 Å². The van der Waals surface area contributed by atoms with Crippen LogP contribution in [0.2, 0.25) is 0 Å². The van der Waals surface area contributed by atoms with Gasteiger partial charge in [-0.05, 0) is 59.3 Å². The lowest BCUT2D eigenvalue weighted by Gasteiger charge is -2.15. The average molecular weight is 369 g/mol. The lowest BCUT2D eigenvalue weighted by Crippen LogP contribution is -2.27. The van der Waals surface area contributed by atoms with Gasteiger partial charge in [-0.25, -0.2) is 4.39 Å². The van der Waals surface area contributed by atoms with E-state index in [1.807, 2.05) is 25.1 Å². The van der Waals surface area contributed by atoms with Crippen LogP contribution in [0.25, 0.3) is 0 Å². The van der Waals surface area contributed by atoms with Crippen LogP contribution in [-0.4, -0.2) is 5.91 Å². The second kappa shape index (κ2) is 6.14. The van der Waals surface area contributed by atoms with Crippen molar-refractivity contribution in [3.63, 3.8) is 0 Å². The van der Waals surface area contributed by atoms with E-state index in [1.165, 1.54) is 12.1 Å². The number of rotatable bonds is 3. The Morgan fingerprint density at radius 3 is 2.42 bits per heavy atom. The Labute approximate surface area is 125 Å². The molecule has 0 fully saturated rings. The second-order valence-electron chi connectivity index (χ2n) is 4.23. The molecule has 0 aliphatic heterocycles. The maximum atomic E-state index is 12.8. The number of hydrogen-bond donors (Lipinski definition) is 1. The zero-order valence-corrected chi connectivity index (χ0v) is 12.5. The molecule has 1 atom stereocenters. The molecule has 4 heteroatoms. The van der Waals surface area contributed by atoms with E-state index >= 15 is 0 Å². The van der Waals surface area contributed by atoms with Crippen molar-refractivity contribution < 1.29 is 9.18 Å². The van der Waals surface area contributed by atoms with Gasteiger partial charge in [0.2, 0.25) is 0 Å². The lowest BCUT2D eigenvalue weighted by molar-refractivity contribution is 0.0939. The van der Waals surface area contributed by atoms with Crippen LogP contribution in [0.5, 0.6) is 0 Å². The lowest BCUT2D eigenvalue weighted by atomic mass is 10.1. The summed E-state index contributed by atoms with van der Waals surface area (Å²) in [6.45, 7) is 1.88. The minimum Gasteiger partial charge on any atom is -0.345 e. The molecular weight excluding hydrogens is 356 g/mol. The molecule has 0 aliphatic rings. The van der Waals surface area contributed by atoms with Gasteiger partial charge in [0, 0.05) is 3.57 Å². The van der Waals surface area contributed by atoms with Crippen LogP contribution in [0.15, 0.2) is 48.5 Å². The molecule has 0 bridgehead atoms. The van der Waals surface area contributed by atoms with E-state index in [2.05, 4.69) is 27.9 Å². The first-order valence-corrected chi connectivity index (χ1v) is 6.96. The fourth-order valence-electron chi connectivity index (χ4n) is 1.75. The van der Waals surface area contributed by atoms with Crippen LogP contribution < -0.4 is 5.32 Å². The summed E-state index contributed by atoms with van der Waals surface area (Å²) in [5.41, 5.74) is 1.53. The predicted octanol–water partition coefficient (Wildman–Crippen LogP) is 3.92. The number of nitrogens with one attached hydrogen (secondary N) is 1. The van der Waals surface area contributed by atoms with Gasteiger partial charge in [-0.3, -0.25) is 4.79 Å². The molecule has 0 saturated carbocycles. The van der Waals surface area contributed by atoms with Gasteiger partial charge in [0.1, 0.15) is 5.82 Å². The minimum atomic E-state index is -0.278. The normalized spacial score (nSPS) is 11.9. The number of amides is 1. The van der Waals surface area contributed by atoms with Crippen LogP contribution in [0.3, 0.4) is 0 Å². The molecule has 2 aromatic carbocycles. The van der Waals surface area contributed by atoms with E-state index in [9.17, 15) is 9.18 Å². The molecule has 0 aliphatic carbocycles. The highest BCUT2D eigenvalue weighted by Gasteiger charge is 2.13. The van der Waals surface area contributed by atoms with Gasteiger partial charge >= 0.3 is 0 Å². The van der Waals surface area contributed by atoms with E-state index in [0.717, 1.165) is 9.13 Å². The van der Waals surface area contributed by atoms with Crippen LogP contribution in [0.4, 0.5) is 4.39 Å².